The molecule has 0 radical (unpaired) electrons. The molecule has 0 aromatic heterocycles. The van der Waals surface area contributed by atoms with Crippen molar-refractivity contribution >= 4 is 12.4 Å². The zero-order valence-corrected chi connectivity index (χ0v) is 11.5. The van der Waals surface area contributed by atoms with Gasteiger partial charge in [0.15, 0.2) is 0 Å². The first kappa shape index (κ1) is 14.6. The number of ether oxygens (including phenoxy) is 1. The molecule has 2 N–H and O–H groups in total. The van der Waals surface area contributed by atoms with Gasteiger partial charge in [-0.2, -0.15) is 0 Å². The van der Waals surface area contributed by atoms with Crippen molar-refractivity contribution < 1.29 is 4.74 Å². The zero-order valence-electron chi connectivity index (χ0n) is 10.6. The van der Waals surface area contributed by atoms with E-state index in [1.54, 1.807) is 7.11 Å². The Hall–Kier alpha value is -1.51. The molecule has 3 heteroatoms. The molecule has 18 heavy (non-hydrogen) atoms. The molecule has 0 atom stereocenters. The topological polar surface area (TPSA) is 35.2 Å². The second-order valence-electron chi connectivity index (χ2n) is 4.04. The average molecular weight is 264 g/mol. The van der Waals surface area contributed by atoms with E-state index >= 15 is 0 Å². The fraction of sp³-hybridized carbons (Fsp3) is 0.200. The highest BCUT2D eigenvalue weighted by Crippen LogP contribution is 2.29. The van der Waals surface area contributed by atoms with Gasteiger partial charge in [0.1, 0.15) is 5.75 Å². The van der Waals surface area contributed by atoms with Gasteiger partial charge in [-0.25, -0.2) is 0 Å². The van der Waals surface area contributed by atoms with Gasteiger partial charge in [0.2, 0.25) is 0 Å². The third-order valence-corrected chi connectivity index (χ3v) is 2.96. The number of benzene rings is 2. The summed E-state index contributed by atoms with van der Waals surface area (Å²) in [5, 5.41) is 0. The lowest BCUT2D eigenvalue weighted by atomic mass is 9.96. The summed E-state index contributed by atoms with van der Waals surface area (Å²) in [6.45, 7) is 2.65. The van der Waals surface area contributed by atoms with Gasteiger partial charge in [0.05, 0.1) is 7.11 Å². The van der Waals surface area contributed by atoms with Crippen LogP contribution in [0.1, 0.15) is 11.1 Å². The van der Waals surface area contributed by atoms with Crippen LogP contribution in [-0.4, -0.2) is 7.11 Å². The highest BCUT2D eigenvalue weighted by molar-refractivity contribution is 5.85. The van der Waals surface area contributed by atoms with E-state index in [9.17, 15) is 0 Å². The lowest BCUT2D eigenvalue weighted by molar-refractivity contribution is 0.414. The number of rotatable bonds is 3. The van der Waals surface area contributed by atoms with Crippen molar-refractivity contribution in [1.29, 1.82) is 0 Å². The van der Waals surface area contributed by atoms with Crippen molar-refractivity contribution in [3.8, 4) is 16.9 Å². The smallest absolute Gasteiger partial charge is 0.119 e. The second kappa shape index (κ2) is 6.43. The fourth-order valence-electron chi connectivity index (χ4n) is 2.03. The second-order valence-corrected chi connectivity index (χ2v) is 4.04. The highest BCUT2D eigenvalue weighted by Gasteiger charge is 2.06. The van der Waals surface area contributed by atoms with Crippen LogP contribution in [0.3, 0.4) is 0 Å². The van der Waals surface area contributed by atoms with Crippen LogP contribution in [0, 0.1) is 6.92 Å². The maximum atomic E-state index is 5.77. The van der Waals surface area contributed by atoms with E-state index in [1.165, 1.54) is 22.3 Å². The number of hydrogen-bond acceptors (Lipinski definition) is 2. The predicted octanol–water partition coefficient (Wildman–Crippen LogP) is 3.55. The molecule has 0 saturated heterocycles. The lowest BCUT2D eigenvalue weighted by Crippen LogP contribution is -1.99. The van der Waals surface area contributed by atoms with Gasteiger partial charge in [0, 0.05) is 6.54 Å². The summed E-state index contributed by atoms with van der Waals surface area (Å²) < 4.78 is 5.22. The molecule has 2 rings (SSSR count). The maximum absolute atomic E-state index is 5.77. The molecule has 0 spiro atoms. The summed E-state index contributed by atoms with van der Waals surface area (Å²) in [4.78, 5) is 0. The number of halogens is 1. The number of hydrogen-bond donors (Lipinski definition) is 1. The summed E-state index contributed by atoms with van der Waals surface area (Å²) in [6.07, 6.45) is 0. The van der Waals surface area contributed by atoms with E-state index in [2.05, 4.69) is 25.1 Å². The van der Waals surface area contributed by atoms with Crippen molar-refractivity contribution in [2.24, 2.45) is 5.73 Å². The molecule has 0 bridgehead atoms. The Morgan fingerprint density at radius 3 is 2.39 bits per heavy atom. The normalized spacial score (nSPS) is 9.72. The number of nitrogens with two attached hydrogens (primary N) is 1. The quantitative estimate of drug-likeness (QED) is 0.919. The van der Waals surface area contributed by atoms with Crippen molar-refractivity contribution in [2.75, 3.05) is 7.11 Å². The molecule has 0 fully saturated rings. The number of aryl methyl sites for hydroxylation is 1. The minimum absolute atomic E-state index is 0. The summed E-state index contributed by atoms with van der Waals surface area (Å²) >= 11 is 0. The van der Waals surface area contributed by atoms with Crippen LogP contribution in [0.25, 0.3) is 11.1 Å². The largest absolute Gasteiger partial charge is 0.497 e. The van der Waals surface area contributed by atoms with Crippen LogP contribution in [0.15, 0.2) is 42.5 Å². The fourth-order valence-corrected chi connectivity index (χ4v) is 2.03. The molecular formula is C15H18ClNO. The van der Waals surface area contributed by atoms with Crippen LogP contribution in [0.2, 0.25) is 0 Å². The first-order valence-electron chi connectivity index (χ1n) is 5.69. The molecule has 0 unspecified atom stereocenters. The van der Waals surface area contributed by atoms with E-state index < -0.39 is 0 Å². The zero-order chi connectivity index (χ0) is 12.3. The molecule has 2 nitrogen and oxygen atoms in total. The Morgan fingerprint density at radius 1 is 1.06 bits per heavy atom. The number of methoxy groups -OCH3 is 1. The van der Waals surface area contributed by atoms with Gasteiger partial charge < -0.3 is 10.5 Å². The molecule has 0 amide bonds. The molecule has 0 aliphatic heterocycles. The minimum Gasteiger partial charge on any atom is -0.497 e. The van der Waals surface area contributed by atoms with Crippen molar-refractivity contribution in [1.82, 2.24) is 0 Å². The van der Waals surface area contributed by atoms with E-state index in [1.807, 2.05) is 24.3 Å². The van der Waals surface area contributed by atoms with Crippen molar-refractivity contribution in [3.05, 3.63) is 53.6 Å². The lowest BCUT2D eigenvalue weighted by Gasteiger charge is -2.11. The Kier molecular flexibility index (Phi) is 5.20. The molecule has 0 aliphatic rings. The van der Waals surface area contributed by atoms with Crippen molar-refractivity contribution in [3.63, 3.8) is 0 Å². The Balaban J connectivity index is 0.00000162. The summed E-state index contributed by atoms with van der Waals surface area (Å²) in [5.41, 5.74) is 10.6. The third kappa shape index (κ3) is 2.84. The van der Waals surface area contributed by atoms with Gasteiger partial charge in [0.25, 0.3) is 0 Å². The first-order valence-corrected chi connectivity index (χ1v) is 5.69. The van der Waals surface area contributed by atoms with Crippen LogP contribution >= 0.6 is 12.4 Å². The van der Waals surface area contributed by atoms with Gasteiger partial charge in [-0.05, 0) is 41.3 Å². The van der Waals surface area contributed by atoms with E-state index in [4.69, 9.17) is 10.5 Å². The van der Waals surface area contributed by atoms with Crippen LogP contribution < -0.4 is 10.5 Å². The molecule has 2 aromatic rings. The monoisotopic (exact) mass is 263 g/mol. The van der Waals surface area contributed by atoms with Gasteiger partial charge >= 0.3 is 0 Å². The molecule has 0 aliphatic carbocycles. The maximum Gasteiger partial charge on any atom is 0.119 e. The SMILES string of the molecule is COc1ccc(-c2ccccc2CN)c(C)c1.Cl. The van der Waals surface area contributed by atoms with E-state index in [0.29, 0.717) is 6.54 Å². The average Bonchev–Trinajstić information content (AvgIpc) is 2.38. The highest BCUT2D eigenvalue weighted by atomic mass is 35.5. The minimum atomic E-state index is 0. The van der Waals surface area contributed by atoms with E-state index in [-0.39, 0.29) is 12.4 Å². The van der Waals surface area contributed by atoms with Gasteiger partial charge in [-0.3, -0.25) is 0 Å². The molecular weight excluding hydrogens is 246 g/mol. The molecule has 96 valence electrons. The molecule has 0 heterocycles. The predicted molar refractivity (Wildman–Crippen MR) is 78.3 cm³/mol. The Labute approximate surface area is 114 Å². The summed E-state index contributed by atoms with van der Waals surface area (Å²) in [6, 6.07) is 14.3. The summed E-state index contributed by atoms with van der Waals surface area (Å²) in [5.74, 6) is 0.886. The first-order chi connectivity index (χ1) is 8.26. The van der Waals surface area contributed by atoms with E-state index in [0.717, 1.165) is 5.75 Å². The molecule has 0 saturated carbocycles. The van der Waals surface area contributed by atoms with Crippen LogP contribution in [0.4, 0.5) is 0 Å². The van der Waals surface area contributed by atoms with Crippen molar-refractivity contribution in [2.45, 2.75) is 13.5 Å². The molecule has 2 aromatic carbocycles. The standard InChI is InChI=1S/C15H17NO.ClH/c1-11-9-13(17-2)7-8-14(11)15-6-4-3-5-12(15)10-16;/h3-9H,10,16H2,1-2H3;1H. The third-order valence-electron chi connectivity index (χ3n) is 2.96. The van der Waals surface area contributed by atoms with Crippen LogP contribution in [-0.2, 0) is 6.54 Å². The Morgan fingerprint density at radius 2 is 1.78 bits per heavy atom. The van der Waals surface area contributed by atoms with Crippen LogP contribution in [0.5, 0.6) is 5.75 Å². The van der Waals surface area contributed by atoms with Gasteiger partial charge in [-0.15, -0.1) is 12.4 Å². The Bertz CT molecular complexity index is 526. The summed E-state index contributed by atoms with van der Waals surface area (Å²) in [7, 11) is 1.68. The van der Waals surface area contributed by atoms with Gasteiger partial charge in [-0.1, -0.05) is 30.3 Å².